The van der Waals surface area contributed by atoms with E-state index in [1.807, 2.05) is 0 Å². The SMILES string of the molecule is COc1ccc(C(N)c2cc(F)c(C)cc2F)c(OC)c1. The molecule has 0 saturated carbocycles. The monoisotopic (exact) mass is 293 g/mol. The van der Waals surface area contributed by atoms with Gasteiger partial charge >= 0.3 is 0 Å². The van der Waals surface area contributed by atoms with Crippen molar-refractivity contribution in [3.8, 4) is 11.5 Å². The molecule has 112 valence electrons. The van der Waals surface area contributed by atoms with E-state index >= 15 is 0 Å². The maximum atomic E-state index is 14.0. The van der Waals surface area contributed by atoms with Gasteiger partial charge in [-0.25, -0.2) is 8.78 Å². The van der Waals surface area contributed by atoms with Crippen molar-refractivity contribution < 1.29 is 18.3 Å². The molecule has 0 aliphatic carbocycles. The topological polar surface area (TPSA) is 44.5 Å². The van der Waals surface area contributed by atoms with E-state index in [1.165, 1.54) is 21.1 Å². The maximum absolute atomic E-state index is 14.0. The third-order valence-electron chi connectivity index (χ3n) is 3.39. The van der Waals surface area contributed by atoms with Crippen LogP contribution in [0, 0.1) is 18.6 Å². The summed E-state index contributed by atoms with van der Waals surface area (Å²) in [5.74, 6) is 0.0224. The van der Waals surface area contributed by atoms with E-state index in [0.29, 0.717) is 17.1 Å². The van der Waals surface area contributed by atoms with Gasteiger partial charge in [0.25, 0.3) is 0 Å². The molecule has 0 spiro atoms. The van der Waals surface area contributed by atoms with Crippen LogP contribution in [0.5, 0.6) is 11.5 Å². The second-order valence-corrected chi connectivity index (χ2v) is 4.71. The first-order valence-electron chi connectivity index (χ1n) is 6.41. The summed E-state index contributed by atoms with van der Waals surface area (Å²) in [5.41, 5.74) is 6.96. The lowest BCUT2D eigenvalue weighted by molar-refractivity contribution is 0.389. The highest BCUT2D eigenvalue weighted by molar-refractivity contribution is 5.46. The normalized spacial score (nSPS) is 12.1. The Hall–Kier alpha value is -2.14. The summed E-state index contributed by atoms with van der Waals surface area (Å²) in [6, 6.07) is 6.46. The highest BCUT2D eigenvalue weighted by Gasteiger charge is 2.19. The Labute approximate surface area is 122 Å². The number of benzene rings is 2. The predicted molar refractivity (Wildman–Crippen MR) is 76.7 cm³/mol. The van der Waals surface area contributed by atoms with Gasteiger partial charge in [0.2, 0.25) is 0 Å². The molecule has 5 heteroatoms. The summed E-state index contributed by atoms with van der Waals surface area (Å²) in [4.78, 5) is 0. The fourth-order valence-corrected chi connectivity index (χ4v) is 2.14. The van der Waals surface area contributed by atoms with Crippen LogP contribution in [-0.4, -0.2) is 14.2 Å². The summed E-state index contributed by atoms with van der Waals surface area (Å²) >= 11 is 0. The Morgan fingerprint density at radius 3 is 2.29 bits per heavy atom. The van der Waals surface area contributed by atoms with E-state index in [9.17, 15) is 8.78 Å². The van der Waals surface area contributed by atoms with Gasteiger partial charge in [-0.1, -0.05) is 0 Å². The Morgan fingerprint density at radius 2 is 1.67 bits per heavy atom. The van der Waals surface area contributed by atoms with Crippen LogP contribution in [0.25, 0.3) is 0 Å². The number of methoxy groups -OCH3 is 2. The first-order chi connectivity index (χ1) is 9.97. The van der Waals surface area contributed by atoms with Crippen molar-refractivity contribution in [2.75, 3.05) is 14.2 Å². The van der Waals surface area contributed by atoms with E-state index in [-0.39, 0.29) is 11.1 Å². The van der Waals surface area contributed by atoms with Crippen LogP contribution in [0.1, 0.15) is 22.7 Å². The average Bonchev–Trinajstić information content (AvgIpc) is 2.49. The summed E-state index contributed by atoms with van der Waals surface area (Å²) in [6.07, 6.45) is 0. The van der Waals surface area contributed by atoms with Crippen molar-refractivity contribution in [3.63, 3.8) is 0 Å². The smallest absolute Gasteiger partial charge is 0.128 e. The minimum absolute atomic E-state index is 0.0848. The first kappa shape index (κ1) is 15.3. The molecule has 0 bridgehead atoms. The van der Waals surface area contributed by atoms with Crippen molar-refractivity contribution in [3.05, 3.63) is 58.7 Å². The highest BCUT2D eigenvalue weighted by atomic mass is 19.1. The van der Waals surface area contributed by atoms with Gasteiger partial charge in [0.1, 0.15) is 23.1 Å². The van der Waals surface area contributed by atoms with Crippen LogP contribution in [-0.2, 0) is 0 Å². The fraction of sp³-hybridized carbons (Fsp3) is 0.250. The molecule has 0 radical (unpaired) electrons. The molecule has 0 aromatic heterocycles. The number of rotatable bonds is 4. The van der Waals surface area contributed by atoms with Crippen molar-refractivity contribution in [2.24, 2.45) is 5.73 Å². The average molecular weight is 293 g/mol. The molecule has 3 nitrogen and oxygen atoms in total. The van der Waals surface area contributed by atoms with Crippen LogP contribution in [0.4, 0.5) is 8.78 Å². The van der Waals surface area contributed by atoms with Crippen LogP contribution >= 0.6 is 0 Å². The van der Waals surface area contributed by atoms with E-state index in [1.54, 1.807) is 18.2 Å². The fourth-order valence-electron chi connectivity index (χ4n) is 2.14. The molecule has 2 rings (SSSR count). The zero-order valence-electron chi connectivity index (χ0n) is 12.1. The van der Waals surface area contributed by atoms with Crippen molar-refractivity contribution in [2.45, 2.75) is 13.0 Å². The zero-order valence-corrected chi connectivity index (χ0v) is 12.1. The third-order valence-corrected chi connectivity index (χ3v) is 3.39. The summed E-state index contributed by atoms with van der Waals surface area (Å²) < 4.78 is 38.0. The molecule has 1 unspecified atom stereocenters. The maximum Gasteiger partial charge on any atom is 0.128 e. The number of hydrogen-bond donors (Lipinski definition) is 1. The Bertz CT molecular complexity index is 659. The molecule has 0 fully saturated rings. The molecular formula is C16H17F2NO2. The van der Waals surface area contributed by atoms with Crippen LogP contribution < -0.4 is 15.2 Å². The number of nitrogens with two attached hydrogens (primary N) is 1. The van der Waals surface area contributed by atoms with Gasteiger partial charge in [-0.15, -0.1) is 0 Å². The molecule has 0 aliphatic heterocycles. The summed E-state index contributed by atoms with van der Waals surface area (Å²) in [6.45, 7) is 1.50. The molecular weight excluding hydrogens is 276 g/mol. The lowest BCUT2D eigenvalue weighted by Crippen LogP contribution is -2.15. The Morgan fingerprint density at radius 1 is 0.952 bits per heavy atom. The molecule has 0 amide bonds. The molecule has 1 atom stereocenters. The van der Waals surface area contributed by atoms with Gasteiger partial charge in [0.05, 0.1) is 20.3 Å². The third kappa shape index (κ3) is 2.97. The summed E-state index contributed by atoms with van der Waals surface area (Å²) in [7, 11) is 3.01. The van der Waals surface area contributed by atoms with E-state index < -0.39 is 17.7 Å². The standard InChI is InChI=1S/C16H17F2NO2/c1-9-6-14(18)12(8-13(9)17)16(19)11-5-4-10(20-2)7-15(11)21-3/h4-8,16H,19H2,1-3H3. The second kappa shape index (κ2) is 6.10. The van der Waals surface area contributed by atoms with Gasteiger partial charge in [0.15, 0.2) is 0 Å². The van der Waals surface area contributed by atoms with Crippen LogP contribution in [0.2, 0.25) is 0 Å². The Balaban J connectivity index is 2.49. The van der Waals surface area contributed by atoms with E-state index in [4.69, 9.17) is 15.2 Å². The van der Waals surface area contributed by atoms with E-state index in [0.717, 1.165) is 12.1 Å². The van der Waals surface area contributed by atoms with Crippen LogP contribution in [0.15, 0.2) is 30.3 Å². The number of hydrogen-bond acceptors (Lipinski definition) is 3. The molecule has 21 heavy (non-hydrogen) atoms. The molecule has 2 aromatic rings. The first-order valence-corrected chi connectivity index (χ1v) is 6.41. The quantitative estimate of drug-likeness (QED) is 0.940. The minimum Gasteiger partial charge on any atom is -0.497 e. The lowest BCUT2D eigenvalue weighted by atomic mass is 9.97. The van der Waals surface area contributed by atoms with Gasteiger partial charge in [-0.3, -0.25) is 0 Å². The van der Waals surface area contributed by atoms with Crippen molar-refractivity contribution >= 4 is 0 Å². The van der Waals surface area contributed by atoms with Crippen molar-refractivity contribution in [1.82, 2.24) is 0 Å². The number of halogens is 2. The predicted octanol–water partition coefficient (Wildman–Crippen LogP) is 3.34. The molecule has 2 N–H and O–H groups in total. The van der Waals surface area contributed by atoms with Gasteiger partial charge in [-0.2, -0.15) is 0 Å². The molecule has 2 aromatic carbocycles. The molecule has 0 aliphatic rings. The number of ether oxygens (including phenoxy) is 2. The highest BCUT2D eigenvalue weighted by Crippen LogP contribution is 2.33. The van der Waals surface area contributed by atoms with Crippen LogP contribution in [0.3, 0.4) is 0 Å². The largest absolute Gasteiger partial charge is 0.497 e. The number of aryl methyl sites for hydroxylation is 1. The van der Waals surface area contributed by atoms with Gasteiger partial charge < -0.3 is 15.2 Å². The van der Waals surface area contributed by atoms with Crippen molar-refractivity contribution in [1.29, 1.82) is 0 Å². The molecule has 0 heterocycles. The zero-order chi connectivity index (χ0) is 15.6. The lowest BCUT2D eigenvalue weighted by Gasteiger charge is -2.18. The van der Waals surface area contributed by atoms with E-state index in [2.05, 4.69) is 0 Å². The minimum atomic E-state index is -0.832. The Kier molecular flexibility index (Phi) is 4.43. The second-order valence-electron chi connectivity index (χ2n) is 4.71. The van der Waals surface area contributed by atoms with Gasteiger partial charge in [0, 0.05) is 17.2 Å². The molecule has 0 saturated heterocycles. The summed E-state index contributed by atoms with van der Waals surface area (Å²) in [5, 5.41) is 0. The van der Waals surface area contributed by atoms with Gasteiger partial charge in [-0.05, 0) is 36.8 Å².